The highest BCUT2D eigenvalue weighted by Gasteiger charge is 2.26. The molecule has 6 nitrogen and oxygen atoms in total. The number of fused-ring (bicyclic) bond motifs is 1. The van der Waals surface area contributed by atoms with Crippen molar-refractivity contribution in [3.05, 3.63) is 35.5 Å². The summed E-state index contributed by atoms with van der Waals surface area (Å²) in [7, 11) is 0. The number of nitrogens with zero attached hydrogens (tertiary/aromatic N) is 1. The molecular weight excluding hydrogens is 344 g/mol. The Hall–Kier alpha value is -2.34. The van der Waals surface area contributed by atoms with Crippen molar-refractivity contribution in [2.24, 2.45) is 5.92 Å². The smallest absolute Gasteiger partial charge is 0.306 e. The van der Waals surface area contributed by atoms with Gasteiger partial charge in [-0.25, -0.2) is 0 Å². The second kappa shape index (κ2) is 7.70. The van der Waals surface area contributed by atoms with E-state index in [1.807, 2.05) is 6.07 Å². The van der Waals surface area contributed by atoms with Crippen LogP contribution < -0.4 is 10.1 Å². The van der Waals surface area contributed by atoms with E-state index in [9.17, 15) is 9.59 Å². The molecule has 25 heavy (non-hydrogen) atoms. The predicted molar refractivity (Wildman–Crippen MR) is 93.8 cm³/mol. The van der Waals surface area contributed by atoms with Crippen LogP contribution in [0, 0.1) is 5.92 Å². The molecule has 132 valence electrons. The molecule has 0 aliphatic heterocycles. The summed E-state index contributed by atoms with van der Waals surface area (Å²) in [4.78, 5) is 27.3. The van der Waals surface area contributed by atoms with Crippen molar-refractivity contribution >= 4 is 34.4 Å². The summed E-state index contributed by atoms with van der Waals surface area (Å²) in [5.74, 6) is -0.770. The zero-order chi connectivity index (χ0) is 17.8. The summed E-state index contributed by atoms with van der Waals surface area (Å²) in [6.45, 7) is -0.119. The number of rotatable bonds is 5. The molecule has 0 bridgehead atoms. The van der Waals surface area contributed by atoms with E-state index < -0.39 is 5.97 Å². The molecule has 1 amide bonds. The number of carbonyl (C=O) groups is 2. The Balaban J connectivity index is 1.55. The largest absolute Gasteiger partial charge is 0.481 e. The topological polar surface area (TPSA) is 88.5 Å². The van der Waals surface area contributed by atoms with Crippen LogP contribution >= 0.6 is 11.6 Å². The maximum absolute atomic E-state index is 12.1. The molecule has 0 saturated heterocycles. The third-order valence-electron chi connectivity index (χ3n) is 4.48. The van der Waals surface area contributed by atoms with Crippen LogP contribution in [0.3, 0.4) is 0 Å². The molecule has 0 radical (unpaired) electrons. The molecule has 1 fully saturated rings. The van der Waals surface area contributed by atoms with Gasteiger partial charge in [-0.1, -0.05) is 11.6 Å². The van der Waals surface area contributed by atoms with E-state index >= 15 is 0 Å². The van der Waals surface area contributed by atoms with E-state index in [1.165, 1.54) is 0 Å². The fourth-order valence-electron chi connectivity index (χ4n) is 3.13. The highest BCUT2D eigenvalue weighted by atomic mass is 35.5. The van der Waals surface area contributed by atoms with Gasteiger partial charge in [0.15, 0.2) is 6.61 Å². The van der Waals surface area contributed by atoms with Crippen LogP contribution in [0.25, 0.3) is 10.9 Å². The number of carbonyl (C=O) groups excluding carboxylic acids is 1. The summed E-state index contributed by atoms with van der Waals surface area (Å²) >= 11 is 6.14. The lowest BCUT2D eigenvalue weighted by Gasteiger charge is -2.26. The van der Waals surface area contributed by atoms with Gasteiger partial charge in [-0.15, -0.1) is 0 Å². The van der Waals surface area contributed by atoms with Crippen molar-refractivity contribution in [1.29, 1.82) is 0 Å². The quantitative estimate of drug-likeness (QED) is 0.853. The molecule has 0 atom stereocenters. The van der Waals surface area contributed by atoms with Gasteiger partial charge in [-0.2, -0.15) is 0 Å². The molecule has 2 aromatic rings. The van der Waals surface area contributed by atoms with Crippen molar-refractivity contribution in [2.75, 3.05) is 6.61 Å². The number of carboxylic acid groups (broad SMARTS) is 1. The van der Waals surface area contributed by atoms with E-state index in [-0.39, 0.29) is 24.5 Å². The molecule has 1 aliphatic carbocycles. The molecule has 0 unspecified atom stereocenters. The van der Waals surface area contributed by atoms with E-state index in [0.29, 0.717) is 42.0 Å². The molecule has 3 rings (SSSR count). The Morgan fingerprint density at radius 2 is 2.00 bits per heavy atom. The lowest BCUT2D eigenvalue weighted by Crippen LogP contribution is -2.40. The molecule has 1 aliphatic rings. The predicted octanol–water partition coefficient (Wildman–Crippen LogP) is 3.03. The van der Waals surface area contributed by atoms with Crippen LogP contribution in [0.4, 0.5) is 0 Å². The normalized spacial score (nSPS) is 20.2. The third-order valence-corrected chi connectivity index (χ3v) is 4.81. The Morgan fingerprint density at radius 3 is 2.72 bits per heavy atom. The Bertz CT molecular complexity index is 788. The van der Waals surface area contributed by atoms with E-state index in [2.05, 4.69) is 10.3 Å². The number of pyridine rings is 1. The summed E-state index contributed by atoms with van der Waals surface area (Å²) < 4.78 is 5.61. The zero-order valence-electron chi connectivity index (χ0n) is 13.6. The van der Waals surface area contributed by atoms with Gasteiger partial charge in [0.2, 0.25) is 0 Å². The van der Waals surface area contributed by atoms with Gasteiger partial charge in [0.05, 0.1) is 10.9 Å². The lowest BCUT2D eigenvalue weighted by molar-refractivity contribution is -0.142. The number of halogens is 1. The lowest BCUT2D eigenvalue weighted by atomic mass is 9.86. The minimum Gasteiger partial charge on any atom is -0.481 e. The van der Waals surface area contributed by atoms with Gasteiger partial charge < -0.3 is 15.2 Å². The number of aromatic nitrogens is 1. The summed E-state index contributed by atoms with van der Waals surface area (Å²) in [5.41, 5.74) is 0.616. The van der Waals surface area contributed by atoms with Gasteiger partial charge in [-0.3, -0.25) is 14.6 Å². The number of benzene rings is 1. The van der Waals surface area contributed by atoms with Gasteiger partial charge in [0.1, 0.15) is 11.3 Å². The third kappa shape index (κ3) is 4.20. The maximum atomic E-state index is 12.1. The second-order valence-electron chi connectivity index (χ2n) is 6.19. The van der Waals surface area contributed by atoms with Gasteiger partial charge in [0.25, 0.3) is 5.91 Å². The van der Waals surface area contributed by atoms with Crippen LogP contribution in [-0.4, -0.2) is 34.6 Å². The van der Waals surface area contributed by atoms with Crippen molar-refractivity contribution in [3.8, 4) is 5.75 Å². The molecule has 1 heterocycles. The Kier molecular flexibility index (Phi) is 5.38. The van der Waals surface area contributed by atoms with Crippen molar-refractivity contribution in [2.45, 2.75) is 31.7 Å². The van der Waals surface area contributed by atoms with Gasteiger partial charge in [-0.05, 0) is 49.9 Å². The summed E-state index contributed by atoms with van der Waals surface area (Å²) in [6, 6.07) is 7.05. The van der Waals surface area contributed by atoms with Crippen LogP contribution in [0.1, 0.15) is 25.7 Å². The molecule has 0 spiro atoms. The number of aliphatic carboxylic acids is 1. The standard InChI is InChI=1S/C18H19ClN2O4/c19-14-7-8-15(17-13(14)2-1-9-20-17)25-10-16(22)21-12-5-3-11(4-6-12)18(23)24/h1-2,7-9,11-12H,3-6,10H2,(H,21,22)(H,23,24). The summed E-state index contributed by atoms with van der Waals surface area (Å²) in [5, 5.41) is 13.3. The van der Waals surface area contributed by atoms with Gasteiger partial charge in [0, 0.05) is 17.6 Å². The molecule has 7 heteroatoms. The average molecular weight is 363 g/mol. The average Bonchev–Trinajstić information content (AvgIpc) is 2.62. The van der Waals surface area contributed by atoms with Crippen LogP contribution in [0.5, 0.6) is 5.75 Å². The second-order valence-corrected chi connectivity index (χ2v) is 6.60. The van der Waals surface area contributed by atoms with Crippen molar-refractivity contribution < 1.29 is 19.4 Å². The van der Waals surface area contributed by atoms with E-state index in [1.54, 1.807) is 24.4 Å². The molecular formula is C18H19ClN2O4. The minimum absolute atomic E-state index is 0.00628. The van der Waals surface area contributed by atoms with E-state index in [0.717, 1.165) is 5.39 Å². The number of carboxylic acids is 1. The number of hydrogen-bond donors (Lipinski definition) is 2. The molecule has 1 aromatic carbocycles. The first-order valence-corrected chi connectivity index (χ1v) is 8.60. The monoisotopic (exact) mass is 362 g/mol. The number of ether oxygens (including phenoxy) is 1. The molecule has 1 saturated carbocycles. The van der Waals surface area contributed by atoms with Crippen LogP contribution in [-0.2, 0) is 9.59 Å². The number of amides is 1. The SMILES string of the molecule is O=C(COc1ccc(Cl)c2cccnc12)NC1CCC(C(=O)O)CC1. The Morgan fingerprint density at radius 1 is 1.24 bits per heavy atom. The summed E-state index contributed by atoms with van der Waals surface area (Å²) in [6.07, 6.45) is 4.18. The molecule has 2 N–H and O–H groups in total. The zero-order valence-corrected chi connectivity index (χ0v) is 14.3. The highest BCUT2D eigenvalue weighted by Crippen LogP contribution is 2.29. The van der Waals surface area contributed by atoms with E-state index in [4.69, 9.17) is 21.4 Å². The first-order valence-electron chi connectivity index (χ1n) is 8.23. The number of nitrogens with one attached hydrogen (secondary N) is 1. The first-order chi connectivity index (χ1) is 12.0. The number of hydrogen-bond acceptors (Lipinski definition) is 4. The fourth-order valence-corrected chi connectivity index (χ4v) is 3.34. The van der Waals surface area contributed by atoms with Gasteiger partial charge >= 0.3 is 5.97 Å². The Labute approximate surface area is 150 Å². The fraction of sp³-hybridized carbons (Fsp3) is 0.389. The van der Waals surface area contributed by atoms with Crippen molar-refractivity contribution in [1.82, 2.24) is 10.3 Å². The maximum Gasteiger partial charge on any atom is 0.306 e. The molecule has 1 aromatic heterocycles. The van der Waals surface area contributed by atoms with Crippen LogP contribution in [0.2, 0.25) is 5.02 Å². The highest BCUT2D eigenvalue weighted by molar-refractivity contribution is 6.35. The first kappa shape index (κ1) is 17.5. The van der Waals surface area contributed by atoms with Crippen molar-refractivity contribution in [3.63, 3.8) is 0 Å². The van der Waals surface area contributed by atoms with Crippen LogP contribution in [0.15, 0.2) is 30.5 Å². The minimum atomic E-state index is -0.754.